The Bertz CT molecular complexity index is 755. The second-order valence-corrected chi connectivity index (χ2v) is 8.43. The maximum atomic E-state index is 5.55. The van der Waals surface area contributed by atoms with E-state index in [0.717, 1.165) is 62.9 Å². The topological polar surface area (TPSA) is 54.7 Å². The summed E-state index contributed by atoms with van der Waals surface area (Å²) >= 11 is 1.92. The standard InChI is InChI=1S/C21H31N5OS/c1-4-22-20(23-17-21(28-3)10-12-27-13-11-21)25(2)15-18-14-24-26(16-18)19-8-6-5-7-9-19/h5-9,14,16H,4,10-13,15,17H2,1-3H3,(H,22,23). The predicted octanol–water partition coefficient (Wildman–Crippen LogP) is 3.18. The fourth-order valence-electron chi connectivity index (χ4n) is 3.37. The molecule has 0 spiro atoms. The van der Waals surface area contributed by atoms with E-state index in [4.69, 9.17) is 9.73 Å². The Kier molecular flexibility index (Phi) is 7.39. The Labute approximate surface area is 172 Å². The Morgan fingerprint density at radius 2 is 2.07 bits per heavy atom. The van der Waals surface area contributed by atoms with Gasteiger partial charge in [-0.1, -0.05) is 18.2 Å². The van der Waals surface area contributed by atoms with Crippen LogP contribution in [0.5, 0.6) is 0 Å². The van der Waals surface area contributed by atoms with Crippen LogP contribution in [0.3, 0.4) is 0 Å². The summed E-state index contributed by atoms with van der Waals surface area (Å²) in [4.78, 5) is 7.14. The number of thioether (sulfide) groups is 1. The number of aromatic nitrogens is 2. The first-order chi connectivity index (χ1) is 13.7. The van der Waals surface area contributed by atoms with E-state index in [1.807, 2.05) is 40.8 Å². The van der Waals surface area contributed by atoms with Crippen molar-refractivity contribution < 1.29 is 4.74 Å². The van der Waals surface area contributed by atoms with Crippen molar-refractivity contribution in [2.75, 3.05) is 39.6 Å². The van der Waals surface area contributed by atoms with Crippen LogP contribution in [0.15, 0.2) is 47.7 Å². The molecule has 7 heteroatoms. The van der Waals surface area contributed by atoms with Crippen LogP contribution in [0.25, 0.3) is 5.69 Å². The summed E-state index contributed by atoms with van der Waals surface area (Å²) in [5.41, 5.74) is 2.22. The number of hydrogen-bond acceptors (Lipinski definition) is 4. The molecule has 152 valence electrons. The van der Waals surface area contributed by atoms with Crippen LogP contribution in [0.4, 0.5) is 0 Å². The predicted molar refractivity (Wildman–Crippen MR) is 117 cm³/mol. The van der Waals surface area contributed by atoms with Crippen molar-refractivity contribution >= 4 is 17.7 Å². The zero-order valence-electron chi connectivity index (χ0n) is 17.1. The molecule has 0 aliphatic carbocycles. The molecule has 3 rings (SSSR count). The number of hydrogen-bond donors (Lipinski definition) is 1. The number of rotatable bonds is 7. The molecule has 2 aromatic rings. The Morgan fingerprint density at radius 3 is 2.75 bits per heavy atom. The number of nitrogens with one attached hydrogen (secondary N) is 1. The number of guanidine groups is 1. The van der Waals surface area contributed by atoms with Gasteiger partial charge < -0.3 is 15.0 Å². The molecular weight excluding hydrogens is 370 g/mol. The summed E-state index contributed by atoms with van der Waals surface area (Å²) in [5.74, 6) is 0.940. The fourth-order valence-corrected chi connectivity index (χ4v) is 4.14. The Hall–Kier alpha value is -1.99. The fraction of sp³-hybridized carbons (Fsp3) is 0.524. The highest BCUT2D eigenvalue weighted by Crippen LogP contribution is 2.34. The number of aliphatic imine (C=N–C) groups is 1. The Morgan fingerprint density at radius 1 is 1.32 bits per heavy atom. The number of para-hydroxylation sites is 1. The largest absolute Gasteiger partial charge is 0.381 e. The second-order valence-electron chi connectivity index (χ2n) is 7.15. The van der Waals surface area contributed by atoms with Crippen LogP contribution >= 0.6 is 11.8 Å². The second kappa shape index (κ2) is 9.98. The van der Waals surface area contributed by atoms with Crippen molar-refractivity contribution in [3.63, 3.8) is 0 Å². The molecule has 2 heterocycles. The summed E-state index contributed by atoms with van der Waals surface area (Å²) < 4.78 is 7.66. The maximum Gasteiger partial charge on any atom is 0.194 e. The molecular formula is C21H31N5OS. The van der Waals surface area contributed by atoms with E-state index in [9.17, 15) is 0 Å². The first-order valence-electron chi connectivity index (χ1n) is 9.87. The van der Waals surface area contributed by atoms with Gasteiger partial charge in [-0.05, 0) is 38.2 Å². The van der Waals surface area contributed by atoms with Gasteiger partial charge >= 0.3 is 0 Å². The van der Waals surface area contributed by atoms with Gasteiger partial charge in [0.25, 0.3) is 0 Å². The molecule has 0 radical (unpaired) electrons. The minimum absolute atomic E-state index is 0.192. The van der Waals surface area contributed by atoms with Crippen molar-refractivity contribution in [2.24, 2.45) is 4.99 Å². The van der Waals surface area contributed by atoms with Crippen molar-refractivity contribution in [3.05, 3.63) is 48.3 Å². The van der Waals surface area contributed by atoms with Crippen molar-refractivity contribution in [2.45, 2.75) is 31.1 Å². The number of nitrogens with zero attached hydrogens (tertiary/aromatic N) is 4. The molecule has 1 aromatic heterocycles. The lowest BCUT2D eigenvalue weighted by Gasteiger charge is -2.34. The minimum atomic E-state index is 0.192. The van der Waals surface area contributed by atoms with Gasteiger partial charge in [0, 0.05) is 49.9 Å². The molecule has 0 atom stereocenters. The average molecular weight is 402 g/mol. The van der Waals surface area contributed by atoms with Gasteiger partial charge in [0.1, 0.15) is 0 Å². The van der Waals surface area contributed by atoms with Crippen molar-refractivity contribution in [3.8, 4) is 5.69 Å². The lowest BCUT2D eigenvalue weighted by Crippen LogP contribution is -2.41. The zero-order chi connectivity index (χ0) is 19.8. The molecule has 0 bridgehead atoms. The zero-order valence-corrected chi connectivity index (χ0v) is 17.9. The highest BCUT2D eigenvalue weighted by molar-refractivity contribution is 8.00. The monoisotopic (exact) mass is 401 g/mol. The lowest BCUT2D eigenvalue weighted by molar-refractivity contribution is 0.0793. The highest BCUT2D eigenvalue weighted by atomic mass is 32.2. The third-order valence-electron chi connectivity index (χ3n) is 5.13. The van der Waals surface area contributed by atoms with Crippen LogP contribution in [0, 0.1) is 0 Å². The van der Waals surface area contributed by atoms with E-state index in [0.29, 0.717) is 0 Å². The summed E-state index contributed by atoms with van der Waals surface area (Å²) in [5, 5.41) is 7.93. The van der Waals surface area contributed by atoms with E-state index >= 15 is 0 Å². The van der Waals surface area contributed by atoms with E-state index in [2.05, 4.69) is 53.9 Å². The van der Waals surface area contributed by atoms with E-state index in [1.165, 1.54) is 0 Å². The summed E-state index contributed by atoms with van der Waals surface area (Å²) in [7, 11) is 2.08. The summed E-state index contributed by atoms with van der Waals surface area (Å²) in [6.45, 7) is 6.20. The van der Waals surface area contributed by atoms with Gasteiger partial charge in [0.2, 0.25) is 0 Å². The normalized spacial score (nSPS) is 16.8. The van der Waals surface area contributed by atoms with Gasteiger partial charge in [-0.15, -0.1) is 0 Å². The van der Waals surface area contributed by atoms with Gasteiger partial charge in [-0.2, -0.15) is 16.9 Å². The van der Waals surface area contributed by atoms with Gasteiger partial charge in [-0.3, -0.25) is 4.99 Å². The summed E-state index contributed by atoms with van der Waals surface area (Å²) in [6, 6.07) is 10.2. The van der Waals surface area contributed by atoms with Crippen LogP contribution in [-0.2, 0) is 11.3 Å². The molecule has 1 N–H and O–H groups in total. The smallest absolute Gasteiger partial charge is 0.194 e. The quantitative estimate of drug-likeness (QED) is 0.570. The van der Waals surface area contributed by atoms with E-state index in [1.54, 1.807) is 0 Å². The molecule has 1 aliphatic heterocycles. The van der Waals surface area contributed by atoms with Crippen LogP contribution in [0.1, 0.15) is 25.3 Å². The SMILES string of the molecule is CCNC(=NCC1(SC)CCOCC1)N(C)Cc1cnn(-c2ccccc2)c1. The molecule has 0 saturated carbocycles. The van der Waals surface area contributed by atoms with Gasteiger partial charge in [0.05, 0.1) is 18.4 Å². The van der Waals surface area contributed by atoms with E-state index in [-0.39, 0.29) is 4.75 Å². The Balaban J connectivity index is 1.67. The molecule has 1 fully saturated rings. The minimum Gasteiger partial charge on any atom is -0.381 e. The number of ether oxygens (including phenoxy) is 1. The molecule has 6 nitrogen and oxygen atoms in total. The third kappa shape index (κ3) is 5.29. The highest BCUT2D eigenvalue weighted by Gasteiger charge is 2.31. The average Bonchev–Trinajstić information content (AvgIpc) is 3.21. The molecule has 0 unspecified atom stereocenters. The van der Waals surface area contributed by atoms with Crippen molar-refractivity contribution in [1.29, 1.82) is 0 Å². The molecule has 0 amide bonds. The van der Waals surface area contributed by atoms with Crippen LogP contribution in [-0.4, -0.2) is 65.0 Å². The number of benzene rings is 1. The first-order valence-corrected chi connectivity index (χ1v) is 11.1. The van der Waals surface area contributed by atoms with Crippen LogP contribution in [0.2, 0.25) is 0 Å². The van der Waals surface area contributed by atoms with Crippen molar-refractivity contribution in [1.82, 2.24) is 20.0 Å². The lowest BCUT2D eigenvalue weighted by atomic mass is 9.99. The molecule has 1 aliphatic rings. The molecule has 28 heavy (non-hydrogen) atoms. The molecule has 1 aromatic carbocycles. The van der Waals surface area contributed by atoms with E-state index < -0.39 is 0 Å². The van der Waals surface area contributed by atoms with Gasteiger partial charge in [-0.25, -0.2) is 4.68 Å². The summed E-state index contributed by atoms with van der Waals surface area (Å²) in [6.07, 6.45) is 8.32. The maximum absolute atomic E-state index is 5.55. The van der Waals surface area contributed by atoms with Crippen LogP contribution < -0.4 is 5.32 Å². The first kappa shape index (κ1) is 20.7. The van der Waals surface area contributed by atoms with Gasteiger partial charge in [0.15, 0.2) is 5.96 Å². The molecule has 1 saturated heterocycles. The third-order valence-corrected chi connectivity index (χ3v) is 6.53.